The van der Waals surface area contributed by atoms with Crippen molar-refractivity contribution in [2.75, 3.05) is 0 Å². The molecule has 1 N–H and O–H groups in total. The molecule has 1 aromatic rings. The minimum absolute atomic E-state index is 0.176. The van der Waals surface area contributed by atoms with Crippen LogP contribution in [-0.4, -0.2) is 17.4 Å². The molecule has 0 spiro atoms. The van der Waals surface area contributed by atoms with Crippen LogP contribution in [0.2, 0.25) is 0 Å². The number of aliphatic carboxylic acids is 1. The Hall–Kier alpha value is -1.72. The zero-order chi connectivity index (χ0) is 14.4. The van der Waals surface area contributed by atoms with Gasteiger partial charge >= 0.3 is 12.3 Å². The lowest BCUT2D eigenvalue weighted by Gasteiger charge is -2.09. The Bertz CT molecular complexity index is 491. The molecule has 2 atom stereocenters. The van der Waals surface area contributed by atoms with Gasteiger partial charge in [0.2, 0.25) is 0 Å². The maximum atomic E-state index is 12.0. The third-order valence-corrected chi connectivity index (χ3v) is 3.57. The normalized spacial score (nSPS) is 24.9. The molecule has 1 fully saturated rings. The summed E-state index contributed by atoms with van der Waals surface area (Å²) in [4.78, 5) is 11.0. The van der Waals surface area contributed by atoms with Gasteiger partial charge in [-0.2, -0.15) is 0 Å². The maximum Gasteiger partial charge on any atom is 0.573 e. The van der Waals surface area contributed by atoms with Gasteiger partial charge in [-0.3, -0.25) is 4.79 Å². The molecular formula is C13H13F3O3. The van der Waals surface area contributed by atoms with Gasteiger partial charge in [0.05, 0.1) is 5.92 Å². The molecule has 0 radical (unpaired) electrons. The summed E-state index contributed by atoms with van der Waals surface area (Å²) in [6.07, 6.45) is -4.72. The molecule has 1 aliphatic rings. The molecule has 6 heteroatoms. The van der Waals surface area contributed by atoms with Crippen LogP contribution in [0.1, 0.15) is 25.3 Å². The predicted octanol–water partition coefficient (Wildman–Crippen LogP) is 3.41. The van der Waals surface area contributed by atoms with Crippen molar-refractivity contribution < 1.29 is 27.8 Å². The first-order valence-electron chi connectivity index (χ1n) is 5.71. The molecule has 0 saturated heterocycles. The number of benzene rings is 1. The summed E-state index contributed by atoms with van der Waals surface area (Å²) in [5.74, 6) is -1.86. The largest absolute Gasteiger partial charge is 0.573 e. The van der Waals surface area contributed by atoms with Gasteiger partial charge in [-0.25, -0.2) is 0 Å². The number of hydrogen-bond donors (Lipinski definition) is 1. The van der Waals surface area contributed by atoms with Crippen LogP contribution in [-0.2, 0) is 4.79 Å². The molecule has 19 heavy (non-hydrogen) atoms. The van der Waals surface area contributed by atoms with E-state index in [1.165, 1.54) is 24.3 Å². The van der Waals surface area contributed by atoms with Crippen LogP contribution in [0.3, 0.4) is 0 Å². The average Bonchev–Trinajstić information content (AvgIpc) is 2.80. The van der Waals surface area contributed by atoms with E-state index in [0.717, 1.165) is 0 Å². The Balaban J connectivity index is 2.14. The summed E-state index contributed by atoms with van der Waals surface area (Å²) < 4.78 is 39.8. The Morgan fingerprint density at radius 3 is 2.16 bits per heavy atom. The third-order valence-electron chi connectivity index (χ3n) is 3.57. The van der Waals surface area contributed by atoms with Gasteiger partial charge in [0.25, 0.3) is 0 Å². The molecule has 1 aliphatic carbocycles. The van der Waals surface area contributed by atoms with Crippen molar-refractivity contribution in [1.29, 1.82) is 0 Å². The third kappa shape index (κ3) is 2.67. The van der Waals surface area contributed by atoms with Gasteiger partial charge in [0.1, 0.15) is 5.75 Å². The molecule has 0 unspecified atom stereocenters. The molecule has 0 aromatic heterocycles. The van der Waals surface area contributed by atoms with E-state index in [0.29, 0.717) is 5.56 Å². The minimum atomic E-state index is -4.72. The number of rotatable bonds is 3. The first-order valence-corrected chi connectivity index (χ1v) is 5.71. The Morgan fingerprint density at radius 2 is 1.79 bits per heavy atom. The number of carboxylic acids is 1. The van der Waals surface area contributed by atoms with E-state index < -0.39 is 18.2 Å². The number of halogens is 3. The van der Waals surface area contributed by atoms with Crippen LogP contribution >= 0.6 is 0 Å². The first-order chi connectivity index (χ1) is 8.63. The molecule has 0 heterocycles. The van der Waals surface area contributed by atoms with Gasteiger partial charge in [0, 0.05) is 5.92 Å². The maximum absolute atomic E-state index is 12.0. The SMILES string of the molecule is CC1(C)[C@H](C(=O)O)[C@H]1c1ccc(OC(F)(F)F)cc1. The highest BCUT2D eigenvalue weighted by Gasteiger charge is 2.62. The van der Waals surface area contributed by atoms with E-state index >= 15 is 0 Å². The summed E-state index contributed by atoms with van der Waals surface area (Å²) in [7, 11) is 0. The number of carbonyl (C=O) groups is 1. The van der Waals surface area contributed by atoms with Crippen LogP contribution in [0, 0.1) is 11.3 Å². The van der Waals surface area contributed by atoms with Crippen molar-refractivity contribution in [3.8, 4) is 5.75 Å². The second kappa shape index (κ2) is 4.15. The van der Waals surface area contributed by atoms with Crippen LogP contribution in [0.15, 0.2) is 24.3 Å². The van der Waals surface area contributed by atoms with Crippen molar-refractivity contribution in [3.05, 3.63) is 29.8 Å². The molecule has 3 nitrogen and oxygen atoms in total. The molecule has 0 aliphatic heterocycles. The Kier molecular flexibility index (Phi) is 2.99. The summed E-state index contributed by atoms with van der Waals surface area (Å²) in [6.45, 7) is 3.66. The van der Waals surface area contributed by atoms with E-state index in [-0.39, 0.29) is 17.1 Å². The number of hydrogen-bond acceptors (Lipinski definition) is 2. The van der Waals surface area contributed by atoms with Gasteiger partial charge < -0.3 is 9.84 Å². The number of carboxylic acid groups (broad SMARTS) is 1. The topological polar surface area (TPSA) is 46.5 Å². The van der Waals surface area contributed by atoms with Crippen molar-refractivity contribution in [2.24, 2.45) is 11.3 Å². The van der Waals surface area contributed by atoms with E-state index in [2.05, 4.69) is 4.74 Å². The van der Waals surface area contributed by atoms with Gasteiger partial charge in [-0.15, -0.1) is 13.2 Å². The summed E-state index contributed by atoms with van der Waals surface area (Å²) in [5.41, 5.74) is 0.338. The number of ether oxygens (including phenoxy) is 1. The second-order valence-corrected chi connectivity index (χ2v) is 5.23. The number of alkyl halides is 3. The fourth-order valence-electron chi connectivity index (χ4n) is 2.60. The zero-order valence-corrected chi connectivity index (χ0v) is 10.4. The van der Waals surface area contributed by atoms with Crippen molar-refractivity contribution in [1.82, 2.24) is 0 Å². The zero-order valence-electron chi connectivity index (χ0n) is 10.4. The summed E-state index contributed by atoms with van der Waals surface area (Å²) >= 11 is 0. The summed E-state index contributed by atoms with van der Waals surface area (Å²) in [6, 6.07) is 5.37. The average molecular weight is 274 g/mol. The van der Waals surface area contributed by atoms with Gasteiger partial charge in [0.15, 0.2) is 0 Å². The highest BCUT2D eigenvalue weighted by molar-refractivity contribution is 5.77. The van der Waals surface area contributed by atoms with Crippen molar-refractivity contribution in [2.45, 2.75) is 26.1 Å². The molecule has 0 bridgehead atoms. The lowest BCUT2D eigenvalue weighted by atomic mass is 10.0. The standard InChI is InChI=1S/C13H13F3O3/c1-12(2)9(10(12)11(17)18)7-3-5-8(6-4-7)19-13(14,15)16/h3-6,9-10H,1-2H3,(H,17,18)/t9-,10+/m1/s1. The Labute approximate surface area is 108 Å². The first kappa shape index (κ1) is 13.7. The van der Waals surface area contributed by atoms with Gasteiger partial charge in [-0.05, 0) is 23.1 Å². The fourth-order valence-corrected chi connectivity index (χ4v) is 2.60. The molecular weight excluding hydrogens is 261 g/mol. The fraction of sp³-hybridized carbons (Fsp3) is 0.462. The molecule has 1 aromatic carbocycles. The van der Waals surface area contributed by atoms with Crippen LogP contribution in [0.4, 0.5) is 13.2 Å². The van der Waals surface area contributed by atoms with Crippen LogP contribution in [0.5, 0.6) is 5.75 Å². The van der Waals surface area contributed by atoms with Crippen molar-refractivity contribution >= 4 is 5.97 Å². The van der Waals surface area contributed by atoms with E-state index in [4.69, 9.17) is 5.11 Å². The van der Waals surface area contributed by atoms with Crippen molar-refractivity contribution in [3.63, 3.8) is 0 Å². The molecule has 0 amide bonds. The Morgan fingerprint density at radius 1 is 1.26 bits per heavy atom. The minimum Gasteiger partial charge on any atom is -0.481 e. The smallest absolute Gasteiger partial charge is 0.481 e. The van der Waals surface area contributed by atoms with E-state index in [9.17, 15) is 18.0 Å². The highest BCUT2D eigenvalue weighted by Crippen LogP contribution is 2.64. The van der Waals surface area contributed by atoms with Crippen LogP contribution < -0.4 is 4.74 Å². The van der Waals surface area contributed by atoms with Crippen LogP contribution in [0.25, 0.3) is 0 Å². The predicted molar refractivity (Wildman–Crippen MR) is 60.8 cm³/mol. The second-order valence-electron chi connectivity index (χ2n) is 5.23. The van der Waals surface area contributed by atoms with E-state index in [1.807, 2.05) is 13.8 Å². The molecule has 2 rings (SSSR count). The molecule has 104 valence electrons. The quantitative estimate of drug-likeness (QED) is 0.918. The highest BCUT2D eigenvalue weighted by atomic mass is 19.4. The summed E-state index contributed by atoms with van der Waals surface area (Å²) in [5, 5.41) is 9.05. The van der Waals surface area contributed by atoms with Gasteiger partial charge in [-0.1, -0.05) is 26.0 Å². The lowest BCUT2D eigenvalue weighted by Crippen LogP contribution is -2.17. The molecule has 1 saturated carbocycles. The van der Waals surface area contributed by atoms with E-state index in [1.54, 1.807) is 0 Å². The lowest BCUT2D eigenvalue weighted by molar-refractivity contribution is -0.274. The monoisotopic (exact) mass is 274 g/mol.